The molecule has 2 bridgehead atoms. The number of rotatable bonds is 4. The van der Waals surface area contributed by atoms with E-state index < -0.39 is 0 Å². The van der Waals surface area contributed by atoms with Crippen LogP contribution >= 0.6 is 11.6 Å². The average Bonchev–Trinajstić information content (AvgIpc) is 3.00. The molecule has 2 nitrogen and oxygen atoms in total. The van der Waals surface area contributed by atoms with Gasteiger partial charge in [-0.1, -0.05) is 24.1 Å². The first kappa shape index (κ1) is 13.3. The maximum absolute atomic E-state index is 6.37. The van der Waals surface area contributed by atoms with E-state index in [1.165, 1.54) is 25.7 Å². The minimum Gasteiger partial charge on any atom is -0.373 e. The summed E-state index contributed by atoms with van der Waals surface area (Å²) in [6, 6.07) is 6.18. The summed E-state index contributed by atoms with van der Waals surface area (Å²) in [6.07, 6.45) is 5.81. The lowest BCUT2D eigenvalue weighted by atomic mass is 9.88. The second-order valence-electron chi connectivity index (χ2n) is 6.31. The van der Waals surface area contributed by atoms with E-state index in [0.29, 0.717) is 6.54 Å². The molecule has 0 spiro atoms. The van der Waals surface area contributed by atoms with Crippen LogP contribution in [0.3, 0.4) is 0 Å². The summed E-state index contributed by atoms with van der Waals surface area (Å²) in [4.78, 5) is 2.33. The van der Waals surface area contributed by atoms with E-state index in [0.717, 1.165) is 40.6 Å². The van der Waals surface area contributed by atoms with Crippen LogP contribution in [0.2, 0.25) is 5.02 Å². The lowest BCUT2D eigenvalue weighted by molar-refractivity contribution is 0.337. The maximum atomic E-state index is 6.37. The fourth-order valence-electron chi connectivity index (χ4n) is 4.04. The van der Waals surface area contributed by atoms with Crippen molar-refractivity contribution < 1.29 is 0 Å². The van der Waals surface area contributed by atoms with Crippen LogP contribution in [0.15, 0.2) is 18.2 Å². The van der Waals surface area contributed by atoms with Gasteiger partial charge in [0.05, 0.1) is 10.7 Å². The van der Waals surface area contributed by atoms with Gasteiger partial charge in [-0.3, -0.25) is 0 Å². The molecule has 0 radical (unpaired) electrons. The number of nitrogens with two attached hydrogens (primary N) is 1. The summed E-state index contributed by atoms with van der Waals surface area (Å²) in [5, 5.41) is 0.827. The molecule has 2 N–H and O–H groups in total. The summed E-state index contributed by atoms with van der Waals surface area (Å²) < 4.78 is 0. The van der Waals surface area contributed by atoms with Crippen molar-refractivity contribution in [2.45, 2.75) is 32.2 Å². The molecule has 2 fully saturated rings. The van der Waals surface area contributed by atoms with Gasteiger partial charge in [0, 0.05) is 20.1 Å². The third-order valence-electron chi connectivity index (χ3n) is 5.05. The predicted molar refractivity (Wildman–Crippen MR) is 81.6 cm³/mol. The maximum Gasteiger partial charge on any atom is 0.0642 e. The summed E-state index contributed by atoms with van der Waals surface area (Å²) in [5.74, 6) is 2.85. The molecule has 2 saturated carbocycles. The molecule has 0 aliphatic heterocycles. The van der Waals surface area contributed by atoms with Crippen LogP contribution in [0.1, 0.15) is 31.2 Å². The van der Waals surface area contributed by atoms with Crippen LogP contribution in [0.4, 0.5) is 5.69 Å². The quantitative estimate of drug-likeness (QED) is 0.910. The number of benzene rings is 1. The van der Waals surface area contributed by atoms with Crippen LogP contribution < -0.4 is 10.6 Å². The Morgan fingerprint density at radius 3 is 2.74 bits per heavy atom. The van der Waals surface area contributed by atoms with Crippen LogP contribution in [-0.4, -0.2) is 13.6 Å². The van der Waals surface area contributed by atoms with Crippen molar-refractivity contribution in [1.82, 2.24) is 0 Å². The van der Waals surface area contributed by atoms with Crippen molar-refractivity contribution in [2.24, 2.45) is 23.5 Å². The lowest BCUT2D eigenvalue weighted by Crippen LogP contribution is -2.28. The highest BCUT2D eigenvalue weighted by Crippen LogP contribution is 2.48. The average molecular weight is 279 g/mol. The van der Waals surface area contributed by atoms with Crippen molar-refractivity contribution in [3.05, 3.63) is 28.8 Å². The smallest absolute Gasteiger partial charge is 0.0642 e. The number of halogens is 1. The van der Waals surface area contributed by atoms with E-state index in [2.05, 4.69) is 24.1 Å². The molecule has 3 rings (SSSR count). The van der Waals surface area contributed by atoms with E-state index >= 15 is 0 Å². The van der Waals surface area contributed by atoms with E-state index in [4.69, 9.17) is 17.3 Å². The SMILES string of the molecule is CN(CC1CC2CCC1C2)c1ccc(CN)cc1Cl. The first-order chi connectivity index (χ1) is 9.17. The Labute approximate surface area is 120 Å². The topological polar surface area (TPSA) is 29.3 Å². The van der Waals surface area contributed by atoms with Gasteiger partial charge in [-0.15, -0.1) is 0 Å². The molecular weight excluding hydrogens is 256 g/mol. The fraction of sp³-hybridized carbons (Fsp3) is 0.625. The van der Waals surface area contributed by atoms with Crippen molar-refractivity contribution in [2.75, 3.05) is 18.5 Å². The van der Waals surface area contributed by atoms with Crippen molar-refractivity contribution in [3.63, 3.8) is 0 Å². The summed E-state index contributed by atoms with van der Waals surface area (Å²) >= 11 is 6.37. The van der Waals surface area contributed by atoms with Crippen molar-refractivity contribution in [3.8, 4) is 0 Å². The predicted octanol–water partition coefficient (Wildman–Crippen LogP) is 3.67. The lowest BCUT2D eigenvalue weighted by Gasteiger charge is -2.29. The zero-order valence-corrected chi connectivity index (χ0v) is 12.4. The Hall–Kier alpha value is -0.730. The van der Waals surface area contributed by atoms with Gasteiger partial charge in [0.2, 0.25) is 0 Å². The second-order valence-corrected chi connectivity index (χ2v) is 6.71. The van der Waals surface area contributed by atoms with Gasteiger partial charge in [0.1, 0.15) is 0 Å². The molecule has 1 aromatic rings. The Morgan fingerprint density at radius 1 is 1.32 bits per heavy atom. The number of fused-ring (bicyclic) bond motifs is 2. The van der Waals surface area contributed by atoms with Crippen LogP contribution in [0.25, 0.3) is 0 Å². The molecule has 2 aliphatic rings. The molecule has 1 aromatic carbocycles. The largest absolute Gasteiger partial charge is 0.373 e. The van der Waals surface area contributed by atoms with E-state index in [-0.39, 0.29) is 0 Å². The molecule has 19 heavy (non-hydrogen) atoms. The number of hydrogen-bond acceptors (Lipinski definition) is 2. The Bertz CT molecular complexity index is 460. The van der Waals surface area contributed by atoms with E-state index in [1.54, 1.807) is 0 Å². The fourth-order valence-corrected chi connectivity index (χ4v) is 4.38. The molecule has 104 valence electrons. The summed E-state index contributed by atoms with van der Waals surface area (Å²) in [6.45, 7) is 1.69. The molecule has 0 heterocycles. The molecule has 3 unspecified atom stereocenters. The molecule has 0 aromatic heterocycles. The summed E-state index contributed by atoms with van der Waals surface area (Å²) in [7, 11) is 2.16. The van der Waals surface area contributed by atoms with Gasteiger partial charge in [-0.2, -0.15) is 0 Å². The molecule has 0 amide bonds. The number of nitrogens with zero attached hydrogens (tertiary/aromatic N) is 1. The Kier molecular flexibility index (Phi) is 3.72. The molecule has 3 heteroatoms. The van der Waals surface area contributed by atoms with Gasteiger partial charge in [0.15, 0.2) is 0 Å². The zero-order chi connectivity index (χ0) is 13.4. The van der Waals surface area contributed by atoms with E-state index in [1.807, 2.05) is 6.07 Å². The third kappa shape index (κ3) is 2.61. The third-order valence-corrected chi connectivity index (χ3v) is 5.35. The normalized spacial score (nSPS) is 28.9. The first-order valence-corrected chi connectivity index (χ1v) is 7.74. The first-order valence-electron chi connectivity index (χ1n) is 7.37. The van der Waals surface area contributed by atoms with Gasteiger partial charge >= 0.3 is 0 Å². The molecule has 2 aliphatic carbocycles. The molecular formula is C16H23ClN2. The molecule has 3 atom stereocenters. The van der Waals surface area contributed by atoms with Crippen molar-refractivity contribution >= 4 is 17.3 Å². The zero-order valence-electron chi connectivity index (χ0n) is 11.6. The minimum atomic E-state index is 0.552. The van der Waals surface area contributed by atoms with E-state index in [9.17, 15) is 0 Å². The van der Waals surface area contributed by atoms with Gasteiger partial charge in [-0.05, 0) is 54.7 Å². The standard InChI is InChI=1S/C16H23ClN2/c1-19(10-14-7-11-2-4-13(14)6-11)16-5-3-12(9-18)8-15(16)17/h3,5,8,11,13-14H,2,4,6-7,9-10,18H2,1H3. The highest BCUT2D eigenvalue weighted by atomic mass is 35.5. The van der Waals surface area contributed by atoms with Crippen LogP contribution in [-0.2, 0) is 6.54 Å². The Balaban J connectivity index is 1.68. The second kappa shape index (κ2) is 5.34. The highest BCUT2D eigenvalue weighted by molar-refractivity contribution is 6.33. The van der Waals surface area contributed by atoms with Crippen molar-refractivity contribution in [1.29, 1.82) is 0 Å². The monoisotopic (exact) mass is 278 g/mol. The highest BCUT2D eigenvalue weighted by Gasteiger charge is 2.39. The van der Waals surface area contributed by atoms with Gasteiger partial charge < -0.3 is 10.6 Å². The number of hydrogen-bond donors (Lipinski definition) is 1. The van der Waals surface area contributed by atoms with Crippen LogP contribution in [0, 0.1) is 17.8 Å². The number of anilines is 1. The molecule has 0 saturated heterocycles. The Morgan fingerprint density at radius 2 is 2.16 bits per heavy atom. The van der Waals surface area contributed by atoms with Gasteiger partial charge in [-0.25, -0.2) is 0 Å². The minimum absolute atomic E-state index is 0.552. The van der Waals surface area contributed by atoms with Crippen LogP contribution in [0.5, 0.6) is 0 Å². The summed E-state index contributed by atoms with van der Waals surface area (Å²) in [5.41, 5.74) is 7.89. The van der Waals surface area contributed by atoms with Gasteiger partial charge in [0.25, 0.3) is 0 Å².